The Kier molecular flexibility index (Phi) is 27.0. The molecular weight excluding hydrogens is 969 g/mol. The zero-order valence-corrected chi connectivity index (χ0v) is 42.4. The predicted octanol–water partition coefficient (Wildman–Crippen LogP) is -3.12. The van der Waals surface area contributed by atoms with Crippen LogP contribution in [0.4, 0.5) is 0 Å². The Labute approximate surface area is 425 Å². The maximum Gasteiger partial charge on any atom is 0.302 e. The molecule has 73 heavy (non-hydrogen) atoms. The third-order valence-electron chi connectivity index (χ3n) is 13.0. The Balaban J connectivity index is 1.50. The molecule has 0 aliphatic carbocycles. The maximum atomic E-state index is 12.7. The summed E-state index contributed by atoms with van der Waals surface area (Å²) < 4.78 is 47.1. The summed E-state index contributed by atoms with van der Waals surface area (Å²) in [4.78, 5) is 48.8. The number of ether oxygens (including phenoxy) is 8. The van der Waals surface area contributed by atoms with Crippen LogP contribution in [0.3, 0.4) is 0 Å². The first-order chi connectivity index (χ1) is 34.9. The summed E-state index contributed by atoms with van der Waals surface area (Å²) in [5.74, 6) is -2.80. The molecule has 4 fully saturated rings. The molecule has 4 aliphatic rings. The van der Waals surface area contributed by atoms with E-state index in [0.29, 0.717) is 0 Å². The highest BCUT2D eigenvalue weighted by molar-refractivity contribution is 5.74. The summed E-state index contributed by atoms with van der Waals surface area (Å²) in [5, 5.41) is 110. The van der Waals surface area contributed by atoms with Gasteiger partial charge >= 0.3 is 5.97 Å². The minimum atomic E-state index is -1.89. The summed E-state index contributed by atoms with van der Waals surface area (Å²) in [6, 6.07) is -5.83. The number of aliphatic hydroxyl groups excluding tert-OH is 9. The number of rotatable bonds is 28. The molecule has 4 aliphatic heterocycles. The predicted molar refractivity (Wildman–Crippen MR) is 254 cm³/mol. The Morgan fingerprint density at radius 3 is 1.32 bits per heavy atom. The number of unbranched alkanes of at least 4 members (excludes halogenated alkanes) is 8. The van der Waals surface area contributed by atoms with Crippen LogP contribution in [0.2, 0.25) is 0 Å². The SMILES string of the molecule is CCCCCC/C=C/CCCCC/C=C/CN[C@H]1[C@H](O[C@H]2[C@H](O)[C@@H](NC(C)=O)[C@H](O[C@H]3[C@H](O)[C@@H](NC(C)=O)[C@H](O[C@H]4[C@H](O)[C@@H](NC(C)=O)C(O)O[C@@H]4CO)O[C@@H]3CO)O[C@@H]2CO)O[C@H](COC(C)=O)[C@@H](O)[C@@H]1O. The largest absolute Gasteiger partial charge is 0.463 e. The number of esters is 1. The normalized spacial score (nSPS) is 37.0. The lowest BCUT2D eigenvalue weighted by Crippen LogP contribution is -2.71. The Hall–Kier alpha value is -3.32. The minimum Gasteiger partial charge on any atom is -0.463 e. The summed E-state index contributed by atoms with van der Waals surface area (Å²) >= 11 is 0. The first-order valence-electron chi connectivity index (χ1n) is 25.3. The smallest absolute Gasteiger partial charge is 0.302 e. The van der Waals surface area contributed by atoms with Crippen molar-refractivity contribution < 1.29 is 103 Å². The van der Waals surface area contributed by atoms with Gasteiger partial charge in [0.2, 0.25) is 17.7 Å². The third-order valence-corrected chi connectivity index (χ3v) is 13.0. The molecule has 4 rings (SSSR count). The van der Waals surface area contributed by atoms with Crippen LogP contribution in [0.1, 0.15) is 98.8 Å². The quantitative estimate of drug-likeness (QED) is 0.0209. The highest BCUT2D eigenvalue weighted by Gasteiger charge is 2.56. The lowest BCUT2D eigenvalue weighted by atomic mass is 9.93. The number of allylic oxidation sites excluding steroid dienone is 3. The van der Waals surface area contributed by atoms with E-state index in [-0.39, 0.29) is 6.54 Å². The number of nitrogens with one attached hydrogen (secondary N) is 4. The van der Waals surface area contributed by atoms with Gasteiger partial charge in [-0.2, -0.15) is 0 Å². The van der Waals surface area contributed by atoms with Crippen molar-refractivity contribution in [1.29, 1.82) is 0 Å². The molecule has 0 saturated carbocycles. The van der Waals surface area contributed by atoms with Gasteiger partial charge in [-0.3, -0.25) is 19.2 Å². The molecule has 25 heteroatoms. The van der Waals surface area contributed by atoms with Gasteiger partial charge in [-0.15, -0.1) is 0 Å². The minimum absolute atomic E-state index is 0.172. The van der Waals surface area contributed by atoms with Crippen molar-refractivity contribution in [3.05, 3.63) is 24.3 Å². The van der Waals surface area contributed by atoms with Gasteiger partial charge in [-0.25, -0.2) is 0 Å². The fourth-order valence-electron chi connectivity index (χ4n) is 9.22. The van der Waals surface area contributed by atoms with E-state index < -0.39 is 173 Å². The van der Waals surface area contributed by atoms with E-state index in [1.54, 1.807) is 0 Å². The summed E-state index contributed by atoms with van der Waals surface area (Å²) in [7, 11) is 0. The van der Waals surface area contributed by atoms with Crippen molar-refractivity contribution >= 4 is 23.7 Å². The van der Waals surface area contributed by atoms with Crippen LogP contribution in [0, 0.1) is 0 Å². The number of carbonyl (C=O) groups is 4. The molecule has 13 N–H and O–H groups in total. The van der Waals surface area contributed by atoms with Crippen LogP contribution >= 0.6 is 0 Å². The Morgan fingerprint density at radius 2 is 0.877 bits per heavy atom. The Morgan fingerprint density at radius 1 is 0.479 bits per heavy atom. The molecule has 20 atom stereocenters. The molecule has 0 spiro atoms. The van der Waals surface area contributed by atoms with E-state index in [9.17, 15) is 65.1 Å². The van der Waals surface area contributed by atoms with Gasteiger partial charge in [0, 0.05) is 34.2 Å². The number of aliphatic hydroxyl groups is 9. The van der Waals surface area contributed by atoms with Gasteiger partial charge in [0.25, 0.3) is 0 Å². The maximum absolute atomic E-state index is 12.7. The lowest BCUT2D eigenvalue weighted by molar-refractivity contribution is -0.362. The molecule has 0 aromatic heterocycles. The molecule has 0 radical (unpaired) electrons. The van der Waals surface area contributed by atoms with Crippen molar-refractivity contribution in [3.63, 3.8) is 0 Å². The van der Waals surface area contributed by atoms with Crippen molar-refractivity contribution in [2.24, 2.45) is 0 Å². The molecule has 25 nitrogen and oxygen atoms in total. The monoisotopic (exact) mass is 1050 g/mol. The fourth-order valence-corrected chi connectivity index (χ4v) is 9.22. The van der Waals surface area contributed by atoms with E-state index in [4.69, 9.17) is 37.9 Å². The van der Waals surface area contributed by atoms with Gasteiger partial charge in [-0.1, -0.05) is 56.9 Å². The number of carbonyl (C=O) groups excluding carboxylic acids is 4. The molecule has 4 saturated heterocycles. The van der Waals surface area contributed by atoms with Crippen LogP contribution in [0.5, 0.6) is 0 Å². The molecule has 0 bridgehead atoms. The van der Waals surface area contributed by atoms with Gasteiger partial charge in [-0.05, 0) is 38.5 Å². The number of hydrogen-bond acceptors (Lipinski definition) is 22. The highest BCUT2D eigenvalue weighted by atomic mass is 16.8. The van der Waals surface area contributed by atoms with Crippen molar-refractivity contribution in [2.75, 3.05) is 33.0 Å². The summed E-state index contributed by atoms with van der Waals surface area (Å²) in [6.45, 7) is 3.74. The zero-order valence-electron chi connectivity index (χ0n) is 42.4. The molecular formula is C48H82N4O21. The standard InChI is InChI=1S/C48H82N4O21/c1-6-7-8-9-10-11-12-13-14-15-16-17-18-19-20-49-34-38(61)37(60)32(24-66-28(5)59)70-46(34)71-43-30(22-54)68-48(35(40(43)63)51-26(3)57)73-44-31(23-55)69-47(36(41(44)64)52-27(4)58)72-42-29(21-53)67-45(65)33(39(42)62)50-25(2)56/h11-12,18-19,29-49,53-55,60-65H,6-10,13-17,20-24H2,1-5H3,(H,50,56)(H,51,57)(H,52,58)/b12-11+,19-18+/t29-,30-,31-,32-,33-,34-,35-,36-,37-,38-,39-,40-,41-,42-,43-,44-,45?,46+,47+,48+/m1/s1. The molecule has 4 heterocycles. The van der Waals surface area contributed by atoms with Gasteiger partial charge in [0.15, 0.2) is 25.2 Å². The van der Waals surface area contributed by atoms with Crippen LogP contribution in [-0.2, 0) is 57.1 Å². The van der Waals surface area contributed by atoms with Gasteiger partial charge in [0.1, 0.15) is 98.0 Å². The van der Waals surface area contributed by atoms with Crippen LogP contribution in [0.25, 0.3) is 0 Å². The topological polar surface area (TPSA) is 372 Å². The van der Waals surface area contributed by atoms with Crippen LogP contribution < -0.4 is 21.3 Å². The summed E-state index contributed by atoms with van der Waals surface area (Å²) in [5.41, 5.74) is 0. The summed E-state index contributed by atoms with van der Waals surface area (Å²) in [6.07, 6.45) is -6.95. The van der Waals surface area contributed by atoms with Crippen LogP contribution in [0.15, 0.2) is 24.3 Å². The first kappa shape index (κ1) is 62.2. The van der Waals surface area contributed by atoms with E-state index in [2.05, 4.69) is 40.3 Å². The molecule has 0 aromatic carbocycles. The average Bonchev–Trinajstić information content (AvgIpc) is 3.34. The zero-order chi connectivity index (χ0) is 53.8. The first-order valence-corrected chi connectivity index (χ1v) is 25.3. The van der Waals surface area contributed by atoms with E-state index in [0.717, 1.165) is 66.2 Å². The van der Waals surface area contributed by atoms with E-state index in [1.165, 1.54) is 25.7 Å². The fraction of sp³-hybridized carbons (Fsp3) is 0.833. The van der Waals surface area contributed by atoms with E-state index in [1.807, 2.05) is 12.2 Å². The molecule has 0 aromatic rings. The molecule has 1 unspecified atom stereocenters. The number of amides is 3. The molecule has 420 valence electrons. The average molecular weight is 1050 g/mol. The second-order valence-corrected chi connectivity index (χ2v) is 18.8. The van der Waals surface area contributed by atoms with E-state index >= 15 is 0 Å². The number of hydrogen-bond donors (Lipinski definition) is 13. The van der Waals surface area contributed by atoms with Gasteiger partial charge < -0.3 is 105 Å². The second-order valence-electron chi connectivity index (χ2n) is 18.8. The van der Waals surface area contributed by atoms with Gasteiger partial charge in [0.05, 0.1) is 25.9 Å². The van der Waals surface area contributed by atoms with Crippen molar-refractivity contribution in [1.82, 2.24) is 21.3 Å². The van der Waals surface area contributed by atoms with Crippen molar-refractivity contribution in [3.8, 4) is 0 Å². The van der Waals surface area contributed by atoms with Crippen molar-refractivity contribution in [2.45, 2.75) is 221 Å². The lowest BCUT2D eigenvalue weighted by Gasteiger charge is -2.51. The third kappa shape index (κ3) is 18.4. The molecule has 3 amide bonds. The van der Waals surface area contributed by atoms with Crippen LogP contribution in [-0.4, -0.2) is 225 Å². The second kappa shape index (κ2) is 31.7. The Bertz CT molecular complexity index is 1730. The highest BCUT2D eigenvalue weighted by Crippen LogP contribution is 2.34.